The molecule has 122 valence electrons. The van der Waals surface area contributed by atoms with Gasteiger partial charge in [0.15, 0.2) is 5.44 Å². The zero-order valence-corrected chi connectivity index (χ0v) is 13.8. The quantitative estimate of drug-likeness (QED) is 0.740. The number of nitrogens with zero attached hydrogens (tertiary/aromatic N) is 1. The Morgan fingerprint density at radius 1 is 1.18 bits per heavy atom. The molecule has 2 heterocycles. The first-order valence-electron chi connectivity index (χ1n) is 8.30. The van der Waals surface area contributed by atoms with Crippen LogP contribution in [0.15, 0.2) is 12.1 Å². The van der Waals surface area contributed by atoms with Gasteiger partial charge in [0.2, 0.25) is 0 Å². The van der Waals surface area contributed by atoms with Crippen molar-refractivity contribution < 1.29 is 14.4 Å². The first kappa shape index (κ1) is 16.1. The van der Waals surface area contributed by atoms with Crippen LogP contribution in [0.25, 0.3) is 0 Å². The summed E-state index contributed by atoms with van der Waals surface area (Å²) in [6.07, 6.45) is 10.0. The maximum atomic E-state index is 11.3. The number of nitrogens with one attached hydrogen (secondary N) is 1. The molecule has 2 aliphatic rings. The van der Waals surface area contributed by atoms with E-state index in [1.54, 1.807) is 6.07 Å². The van der Waals surface area contributed by atoms with E-state index in [4.69, 9.17) is 0 Å². The predicted octanol–water partition coefficient (Wildman–Crippen LogP) is 2.26. The highest BCUT2D eigenvalue weighted by Gasteiger charge is 2.25. The van der Waals surface area contributed by atoms with Crippen LogP contribution in [0.2, 0.25) is 0 Å². The highest BCUT2D eigenvalue weighted by atomic mass is 31.2. The number of pyridine rings is 1. The van der Waals surface area contributed by atoms with Crippen LogP contribution in [0.4, 0.5) is 0 Å². The van der Waals surface area contributed by atoms with E-state index < -0.39 is 7.60 Å². The average Bonchev–Trinajstić information content (AvgIpc) is 2.52. The van der Waals surface area contributed by atoms with Crippen LogP contribution >= 0.6 is 7.60 Å². The predicted molar refractivity (Wildman–Crippen MR) is 86.1 cm³/mol. The normalized spacial score (nSPS) is 23.3. The van der Waals surface area contributed by atoms with E-state index >= 15 is 0 Å². The third kappa shape index (κ3) is 3.96. The molecule has 3 rings (SSSR count). The van der Waals surface area contributed by atoms with Crippen LogP contribution in [-0.4, -0.2) is 20.8 Å². The second kappa shape index (κ2) is 6.79. The van der Waals surface area contributed by atoms with Crippen LogP contribution in [0.5, 0.6) is 0 Å². The molecule has 1 unspecified atom stereocenters. The molecule has 0 spiro atoms. The molecule has 6 heteroatoms. The summed E-state index contributed by atoms with van der Waals surface area (Å²) in [6, 6.07) is 3.62. The summed E-state index contributed by atoms with van der Waals surface area (Å²) in [5, 5.41) is 3.54. The summed E-state index contributed by atoms with van der Waals surface area (Å²) >= 11 is 0. The molecular weight excluding hydrogens is 299 g/mol. The Morgan fingerprint density at radius 2 is 1.95 bits per heavy atom. The molecule has 1 aliphatic carbocycles. The first-order chi connectivity index (χ1) is 10.5. The molecule has 3 N–H and O–H groups in total. The smallest absolute Gasteiger partial charge is 0.320 e. The molecule has 1 saturated carbocycles. The van der Waals surface area contributed by atoms with Crippen molar-refractivity contribution in [2.24, 2.45) is 5.92 Å². The van der Waals surface area contributed by atoms with Crippen molar-refractivity contribution in [1.82, 2.24) is 10.3 Å². The van der Waals surface area contributed by atoms with E-state index in [1.165, 1.54) is 44.6 Å². The van der Waals surface area contributed by atoms with Gasteiger partial charge < -0.3 is 15.1 Å². The van der Waals surface area contributed by atoms with Crippen molar-refractivity contribution in [2.75, 3.05) is 0 Å². The lowest BCUT2D eigenvalue weighted by Gasteiger charge is -2.28. The van der Waals surface area contributed by atoms with Gasteiger partial charge in [-0.1, -0.05) is 38.2 Å². The van der Waals surface area contributed by atoms with Gasteiger partial charge >= 0.3 is 7.60 Å². The van der Waals surface area contributed by atoms with E-state index in [-0.39, 0.29) is 5.44 Å². The van der Waals surface area contributed by atoms with Crippen molar-refractivity contribution in [3.63, 3.8) is 0 Å². The maximum absolute atomic E-state index is 11.3. The van der Waals surface area contributed by atoms with E-state index in [2.05, 4.69) is 10.3 Å². The minimum atomic E-state index is -4.25. The summed E-state index contributed by atoms with van der Waals surface area (Å²) in [5.74, 6) is 0.867. The van der Waals surface area contributed by atoms with E-state index in [9.17, 15) is 14.4 Å². The largest absolute Gasteiger partial charge is 0.374 e. The summed E-state index contributed by atoms with van der Waals surface area (Å²) in [7, 11) is -4.25. The Bertz CT molecular complexity index is 567. The Labute approximate surface area is 131 Å². The van der Waals surface area contributed by atoms with Gasteiger partial charge in [0.1, 0.15) is 0 Å². The van der Waals surface area contributed by atoms with Crippen LogP contribution < -0.4 is 10.8 Å². The van der Waals surface area contributed by atoms with Crippen LogP contribution in [0.3, 0.4) is 0 Å². The second-order valence-corrected chi connectivity index (χ2v) is 8.23. The minimum Gasteiger partial charge on any atom is -0.320 e. The van der Waals surface area contributed by atoms with Crippen LogP contribution in [0, 0.1) is 5.92 Å². The lowest BCUT2D eigenvalue weighted by Crippen LogP contribution is -2.37. The van der Waals surface area contributed by atoms with Gasteiger partial charge in [0, 0.05) is 24.7 Å². The molecule has 1 atom stereocenters. The lowest BCUT2D eigenvalue weighted by molar-refractivity contribution is 0.308. The molecule has 1 aromatic rings. The molecule has 0 bridgehead atoms. The highest BCUT2D eigenvalue weighted by Crippen LogP contribution is 2.33. The SMILES string of the molecule is O=P(O)(O)c1ccc2c(n1)CC(CCC1CCCCC1)NC2. The molecular formula is C16H25N2O3P. The molecule has 22 heavy (non-hydrogen) atoms. The first-order valence-corrected chi connectivity index (χ1v) is 9.92. The Balaban J connectivity index is 1.61. The number of rotatable bonds is 4. The standard InChI is InChI=1S/C16H25N2O3P/c19-22(20,21)16-9-7-13-11-17-14(10-15(13)18-16)8-6-12-4-2-1-3-5-12/h7,9,12,14,17H,1-6,8,10-11H2,(H2,19,20,21). The van der Waals surface area contributed by atoms with Gasteiger partial charge in [-0.05, 0) is 30.4 Å². The molecule has 0 aromatic carbocycles. The number of aromatic nitrogens is 1. The molecule has 1 aromatic heterocycles. The fourth-order valence-corrected chi connectivity index (χ4v) is 4.21. The summed E-state index contributed by atoms with van der Waals surface area (Å²) in [6.45, 7) is 0.749. The summed E-state index contributed by atoms with van der Waals surface area (Å²) in [5.41, 5.74) is 1.82. The summed E-state index contributed by atoms with van der Waals surface area (Å²) < 4.78 is 11.3. The zero-order valence-electron chi connectivity index (χ0n) is 12.9. The monoisotopic (exact) mass is 324 g/mol. The van der Waals surface area contributed by atoms with Gasteiger partial charge in [0.25, 0.3) is 0 Å². The fourth-order valence-electron chi connectivity index (χ4n) is 3.70. The van der Waals surface area contributed by atoms with E-state index in [0.717, 1.165) is 36.6 Å². The third-order valence-electron chi connectivity index (χ3n) is 5.02. The van der Waals surface area contributed by atoms with Crippen molar-refractivity contribution in [1.29, 1.82) is 0 Å². The molecule has 0 amide bonds. The van der Waals surface area contributed by atoms with Crippen molar-refractivity contribution in [2.45, 2.75) is 64.0 Å². The van der Waals surface area contributed by atoms with Gasteiger partial charge in [-0.15, -0.1) is 0 Å². The van der Waals surface area contributed by atoms with Crippen LogP contribution in [0.1, 0.15) is 56.2 Å². The van der Waals surface area contributed by atoms with Gasteiger partial charge in [-0.25, -0.2) is 4.98 Å². The topological polar surface area (TPSA) is 82.5 Å². The van der Waals surface area contributed by atoms with E-state index in [1.807, 2.05) is 0 Å². The fraction of sp³-hybridized carbons (Fsp3) is 0.688. The molecule has 0 radical (unpaired) electrons. The Hall–Kier alpha value is -0.740. The molecule has 1 fully saturated rings. The Kier molecular flexibility index (Phi) is 4.98. The zero-order chi connectivity index (χ0) is 15.6. The van der Waals surface area contributed by atoms with Crippen molar-refractivity contribution in [3.05, 3.63) is 23.4 Å². The number of fused-ring (bicyclic) bond motifs is 1. The van der Waals surface area contributed by atoms with Gasteiger partial charge in [0.05, 0.1) is 0 Å². The molecule has 5 nitrogen and oxygen atoms in total. The Morgan fingerprint density at radius 3 is 2.68 bits per heavy atom. The summed E-state index contributed by atoms with van der Waals surface area (Å²) in [4.78, 5) is 22.8. The van der Waals surface area contributed by atoms with Crippen molar-refractivity contribution in [3.8, 4) is 0 Å². The van der Waals surface area contributed by atoms with E-state index in [0.29, 0.717) is 6.04 Å². The second-order valence-electron chi connectivity index (χ2n) is 6.68. The number of hydrogen-bond acceptors (Lipinski definition) is 3. The number of hydrogen-bond donors (Lipinski definition) is 3. The molecule has 0 saturated heterocycles. The minimum absolute atomic E-state index is 0.0980. The lowest BCUT2D eigenvalue weighted by atomic mass is 9.84. The highest BCUT2D eigenvalue weighted by molar-refractivity contribution is 7.60. The molecule has 1 aliphatic heterocycles. The van der Waals surface area contributed by atoms with Gasteiger partial charge in [-0.2, -0.15) is 0 Å². The van der Waals surface area contributed by atoms with Gasteiger partial charge in [-0.3, -0.25) is 4.57 Å². The maximum Gasteiger partial charge on any atom is 0.374 e. The van der Waals surface area contributed by atoms with Crippen molar-refractivity contribution >= 4 is 13.0 Å². The average molecular weight is 324 g/mol. The third-order valence-corrected chi connectivity index (χ3v) is 5.87. The van der Waals surface area contributed by atoms with Crippen LogP contribution in [-0.2, 0) is 17.5 Å².